The summed E-state index contributed by atoms with van der Waals surface area (Å²) in [5.41, 5.74) is 9.45. The van der Waals surface area contributed by atoms with Crippen molar-refractivity contribution in [2.24, 2.45) is 0 Å². The highest BCUT2D eigenvalue weighted by Gasteiger charge is 2.26. The Balaban J connectivity index is 2.05. The number of nitrogens with zero attached hydrogens (tertiary/aromatic N) is 3. The second-order valence-corrected chi connectivity index (χ2v) is 6.79. The first-order valence-corrected chi connectivity index (χ1v) is 8.60. The van der Waals surface area contributed by atoms with Crippen LogP contribution in [0.5, 0.6) is 5.75 Å². The number of anilines is 1. The first-order chi connectivity index (χ1) is 11.5. The number of aromatic nitrogens is 2. The Hall–Kier alpha value is -1.41. The molecule has 0 saturated heterocycles. The molecule has 0 aliphatic carbocycles. The lowest BCUT2D eigenvalue weighted by Crippen LogP contribution is -2.21. The van der Waals surface area contributed by atoms with Crippen LogP contribution in [0.15, 0.2) is 16.6 Å². The zero-order chi connectivity index (χ0) is 17.3. The predicted molar refractivity (Wildman–Crippen MR) is 97.1 cm³/mol. The van der Waals surface area contributed by atoms with Gasteiger partial charge in [-0.3, -0.25) is 4.90 Å². The third-order valence-corrected chi connectivity index (χ3v) is 4.91. The van der Waals surface area contributed by atoms with Crippen molar-refractivity contribution in [3.05, 3.63) is 32.9 Å². The first-order valence-electron chi connectivity index (χ1n) is 7.43. The third-order valence-electron chi connectivity index (χ3n) is 3.97. The van der Waals surface area contributed by atoms with Gasteiger partial charge in [-0.1, -0.05) is 11.6 Å². The zero-order valence-electron chi connectivity index (χ0n) is 13.5. The summed E-state index contributed by atoms with van der Waals surface area (Å²) >= 11 is 9.89. The molecule has 0 bridgehead atoms. The molecule has 24 heavy (non-hydrogen) atoms. The van der Waals surface area contributed by atoms with Gasteiger partial charge in [0.15, 0.2) is 0 Å². The predicted octanol–water partition coefficient (Wildman–Crippen LogP) is 3.11. The van der Waals surface area contributed by atoms with E-state index in [9.17, 15) is 0 Å². The van der Waals surface area contributed by atoms with E-state index in [1.165, 1.54) is 0 Å². The van der Waals surface area contributed by atoms with Crippen molar-refractivity contribution in [2.75, 3.05) is 33.1 Å². The number of fused-ring (bicyclic) bond motifs is 1. The maximum absolute atomic E-state index is 6.45. The van der Waals surface area contributed by atoms with Gasteiger partial charge >= 0.3 is 0 Å². The number of nitrogen functional groups attached to an aromatic ring is 1. The summed E-state index contributed by atoms with van der Waals surface area (Å²) in [6.07, 6.45) is 0. The quantitative estimate of drug-likeness (QED) is 0.812. The van der Waals surface area contributed by atoms with Gasteiger partial charge in [-0.25, -0.2) is 9.97 Å². The average Bonchev–Trinajstić information content (AvgIpc) is 2.95. The molecule has 1 aromatic carbocycles. The molecule has 0 atom stereocenters. The van der Waals surface area contributed by atoms with Crippen LogP contribution in [-0.2, 0) is 17.8 Å². The van der Waals surface area contributed by atoms with E-state index in [1.54, 1.807) is 20.3 Å². The highest BCUT2D eigenvalue weighted by molar-refractivity contribution is 9.10. The number of hydrogen-bond acceptors (Lipinski definition) is 6. The summed E-state index contributed by atoms with van der Waals surface area (Å²) in [6, 6.07) is 3.67. The minimum absolute atomic E-state index is 0.246. The Bertz CT molecular complexity index is 772. The monoisotopic (exact) mass is 412 g/mol. The van der Waals surface area contributed by atoms with Crippen molar-refractivity contribution in [1.29, 1.82) is 0 Å². The molecule has 2 heterocycles. The van der Waals surface area contributed by atoms with Crippen molar-refractivity contribution >= 4 is 33.5 Å². The van der Waals surface area contributed by atoms with Crippen molar-refractivity contribution in [3.8, 4) is 17.0 Å². The lowest BCUT2D eigenvalue weighted by Gasteiger charge is -2.14. The van der Waals surface area contributed by atoms with E-state index in [0.29, 0.717) is 17.4 Å². The molecule has 8 heteroatoms. The minimum Gasteiger partial charge on any atom is -0.496 e. The molecule has 3 rings (SSSR count). The Morgan fingerprint density at radius 3 is 2.79 bits per heavy atom. The van der Waals surface area contributed by atoms with Gasteiger partial charge in [-0.2, -0.15) is 0 Å². The molecule has 128 valence electrons. The summed E-state index contributed by atoms with van der Waals surface area (Å²) in [6.45, 7) is 2.95. The Morgan fingerprint density at radius 2 is 2.08 bits per heavy atom. The molecule has 2 aromatic rings. The molecular weight excluding hydrogens is 396 g/mol. The Morgan fingerprint density at radius 1 is 1.29 bits per heavy atom. The van der Waals surface area contributed by atoms with Gasteiger partial charge in [-0.15, -0.1) is 0 Å². The number of rotatable bonds is 5. The van der Waals surface area contributed by atoms with Gasteiger partial charge in [0, 0.05) is 37.9 Å². The molecule has 1 aliphatic heterocycles. The summed E-state index contributed by atoms with van der Waals surface area (Å²) in [4.78, 5) is 11.1. The van der Waals surface area contributed by atoms with Gasteiger partial charge < -0.3 is 15.2 Å². The third kappa shape index (κ3) is 3.35. The lowest BCUT2D eigenvalue weighted by molar-refractivity contribution is 0.147. The van der Waals surface area contributed by atoms with Crippen molar-refractivity contribution < 1.29 is 9.47 Å². The van der Waals surface area contributed by atoms with Crippen molar-refractivity contribution in [2.45, 2.75) is 13.1 Å². The zero-order valence-corrected chi connectivity index (χ0v) is 15.8. The largest absolute Gasteiger partial charge is 0.496 e. The van der Waals surface area contributed by atoms with Crippen LogP contribution in [0.2, 0.25) is 5.02 Å². The van der Waals surface area contributed by atoms with Crippen LogP contribution in [0.3, 0.4) is 0 Å². The second-order valence-electron chi connectivity index (χ2n) is 5.53. The fraction of sp³-hybridized carbons (Fsp3) is 0.375. The fourth-order valence-electron chi connectivity index (χ4n) is 2.81. The van der Waals surface area contributed by atoms with Gasteiger partial charge in [0.05, 0.1) is 34.6 Å². The number of methoxy groups -OCH3 is 2. The van der Waals surface area contributed by atoms with E-state index in [0.717, 1.165) is 46.6 Å². The maximum Gasteiger partial charge on any atom is 0.220 e. The van der Waals surface area contributed by atoms with E-state index in [1.807, 2.05) is 6.07 Å². The van der Waals surface area contributed by atoms with E-state index >= 15 is 0 Å². The highest BCUT2D eigenvalue weighted by Crippen LogP contribution is 2.39. The van der Waals surface area contributed by atoms with Crippen LogP contribution in [0.4, 0.5) is 5.95 Å². The smallest absolute Gasteiger partial charge is 0.220 e. The molecule has 0 amide bonds. The molecule has 0 spiro atoms. The topological polar surface area (TPSA) is 73.5 Å². The number of halogens is 2. The van der Waals surface area contributed by atoms with Crippen LogP contribution >= 0.6 is 27.5 Å². The highest BCUT2D eigenvalue weighted by atomic mass is 79.9. The van der Waals surface area contributed by atoms with E-state index in [-0.39, 0.29) is 5.95 Å². The Labute approximate surface area is 154 Å². The van der Waals surface area contributed by atoms with Crippen LogP contribution in [-0.4, -0.2) is 42.2 Å². The van der Waals surface area contributed by atoms with Gasteiger partial charge in [0.2, 0.25) is 5.95 Å². The Kier molecular flexibility index (Phi) is 5.24. The molecule has 6 nitrogen and oxygen atoms in total. The average molecular weight is 414 g/mol. The fourth-order valence-corrected chi connectivity index (χ4v) is 3.70. The summed E-state index contributed by atoms with van der Waals surface area (Å²) in [5, 5.41) is 0.582. The maximum atomic E-state index is 6.45. The summed E-state index contributed by atoms with van der Waals surface area (Å²) < 4.78 is 11.3. The number of ether oxygens (including phenoxy) is 2. The molecule has 0 unspecified atom stereocenters. The molecule has 1 aliphatic rings. The minimum atomic E-state index is 0.246. The molecular formula is C16H18BrClN4O2. The normalized spacial score (nSPS) is 14.0. The first kappa shape index (κ1) is 17.4. The van der Waals surface area contributed by atoms with Crippen LogP contribution in [0.1, 0.15) is 11.3 Å². The molecule has 1 aromatic heterocycles. The second kappa shape index (κ2) is 7.23. The number of benzene rings is 1. The molecule has 0 radical (unpaired) electrons. The standard InChI is InChI=1S/C16H18BrClN4O2/c1-23-4-3-22-7-10-13(8-22)20-16(19)21-15(10)9-5-14(24-2)11(17)6-12(9)18/h5-6H,3-4,7-8H2,1-2H3,(H2,19,20,21). The van der Waals surface area contributed by atoms with Crippen LogP contribution in [0, 0.1) is 0 Å². The van der Waals surface area contributed by atoms with Gasteiger partial charge in [-0.05, 0) is 28.1 Å². The van der Waals surface area contributed by atoms with Crippen LogP contribution in [0.25, 0.3) is 11.3 Å². The summed E-state index contributed by atoms with van der Waals surface area (Å²) in [5.74, 6) is 0.935. The number of hydrogen-bond donors (Lipinski definition) is 1. The van der Waals surface area contributed by atoms with Gasteiger partial charge in [0.1, 0.15) is 5.75 Å². The molecule has 0 fully saturated rings. The molecule has 0 saturated carbocycles. The van der Waals surface area contributed by atoms with E-state index in [2.05, 4.69) is 30.8 Å². The van der Waals surface area contributed by atoms with Crippen molar-refractivity contribution in [1.82, 2.24) is 14.9 Å². The van der Waals surface area contributed by atoms with E-state index in [4.69, 9.17) is 26.8 Å². The van der Waals surface area contributed by atoms with E-state index < -0.39 is 0 Å². The summed E-state index contributed by atoms with van der Waals surface area (Å²) in [7, 11) is 3.31. The van der Waals surface area contributed by atoms with Crippen LogP contribution < -0.4 is 10.5 Å². The molecule has 2 N–H and O–H groups in total. The van der Waals surface area contributed by atoms with Gasteiger partial charge in [0.25, 0.3) is 0 Å². The number of nitrogens with two attached hydrogens (primary N) is 1. The lowest BCUT2D eigenvalue weighted by atomic mass is 10.1. The van der Waals surface area contributed by atoms with Crippen molar-refractivity contribution in [3.63, 3.8) is 0 Å². The SMILES string of the molecule is COCCN1Cc2nc(N)nc(-c3cc(OC)c(Br)cc3Cl)c2C1.